The van der Waals surface area contributed by atoms with E-state index >= 15 is 0 Å². The summed E-state index contributed by atoms with van der Waals surface area (Å²) in [4.78, 5) is 12.4. The van der Waals surface area contributed by atoms with Gasteiger partial charge in [-0.3, -0.25) is 4.79 Å². The number of ether oxygens (including phenoxy) is 1. The quantitative estimate of drug-likeness (QED) is 0.749. The fraction of sp³-hybridized carbons (Fsp3) is 0.650. The minimum absolute atomic E-state index is 0.00616. The lowest BCUT2D eigenvalue weighted by molar-refractivity contribution is -0.0839. The predicted molar refractivity (Wildman–Crippen MR) is 106 cm³/mol. The molecule has 1 saturated heterocycles. The molecule has 2 atom stereocenters. The van der Waals surface area contributed by atoms with Crippen molar-refractivity contribution >= 4 is 15.9 Å². The Kier molecular flexibility index (Phi) is 7.22. The number of halogens is 1. The summed E-state index contributed by atoms with van der Waals surface area (Å²) in [5, 5.41) is 2.76. The van der Waals surface area contributed by atoms with Crippen molar-refractivity contribution in [1.82, 2.24) is 10.0 Å². The lowest BCUT2D eigenvalue weighted by atomic mass is 9.78. The van der Waals surface area contributed by atoms with Gasteiger partial charge in [0.15, 0.2) is 0 Å². The van der Waals surface area contributed by atoms with Crippen LogP contribution in [0.15, 0.2) is 23.1 Å². The number of sulfonamides is 1. The molecule has 0 spiro atoms. The lowest BCUT2D eigenvalue weighted by Crippen LogP contribution is -2.45. The number of hydrogen-bond donors (Lipinski definition) is 2. The molecular formula is C20H31FN2O4S. The van der Waals surface area contributed by atoms with Gasteiger partial charge in [-0.05, 0) is 50.3 Å². The zero-order valence-electron chi connectivity index (χ0n) is 17.2. The van der Waals surface area contributed by atoms with E-state index in [4.69, 9.17) is 4.74 Å². The molecule has 0 radical (unpaired) electrons. The smallest absolute Gasteiger partial charge is 0.254 e. The van der Waals surface area contributed by atoms with Gasteiger partial charge in [0, 0.05) is 25.1 Å². The highest BCUT2D eigenvalue weighted by molar-refractivity contribution is 7.89. The third kappa shape index (κ3) is 5.75. The summed E-state index contributed by atoms with van der Waals surface area (Å²) in [5.41, 5.74) is -0.354. The molecule has 1 amide bonds. The van der Waals surface area contributed by atoms with Crippen LogP contribution in [0.2, 0.25) is 0 Å². The number of hydrogen-bond acceptors (Lipinski definition) is 4. The first kappa shape index (κ1) is 22.8. The molecule has 28 heavy (non-hydrogen) atoms. The van der Waals surface area contributed by atoms with E-state index in [-0.39, 0.29) is 33.9 Å². The van der Waals surface area contributed by atoms with E-state index in [0.29, 0.717) is 13.2 Å². The Bertz CT molecular complexity index is 803. The van der Waals surface area contributed by atoms with Crippen molar-refractivity contribution in [1.29, 1.82) is 0 Å². The van der Waals surface area contributed by atoms with Crippen molar-refractivity contribution < 1.29 is 22.3 Å². The Morgan fingerprint density at radius 3 is 2.61 bits per heavy atom. The molecule has 1 fully saturated rings. The molecule has 158 valence electrons. The molecule has 1 aliphatic rings. The zero-order chi connectivity index (χ0) is 21.1. The predicted octanol–water partition coefficient (Wildman–Crippen LogP) is 3.08. The van der Waals surface area contributed by atoms with Crippen LogP contribution in [0, 0.1) is 17.2 Å². The van der Waals surface area contributed by atoms with Gasteiger partial charge < -0.3 is 10.1 Å². The van der Waals surface area contributed by atoms with Crippen molar-refractivity contribution in [3.8, 4) is 0 Å². The summed E-state index contributed by atoms with van der Waals surface area (Å²) in [6, 6.07) is 2.92. The van der Waals surface area contributed by atoms with Crippen LogP contribution in [0.3, 0.4) is 0 Å². The van der Waals surface area contributed by atoms with E-state index in [9.17, 15) is 17.6 Å². The second-order valence-corrected chi connectivity index (χ2v) is 10.4. The fourth-order valence-corrected chi connectivity index (χ4v) is 4.83. The molecule has 0 saturated carbocycles. The molecular weight excluding hydrogens is 383 g/mol. The Morgan fingerprint density at radius 1 is 1.32 bits per heavy atom. The first-order chi connectivity index (χ1) is 12.9. The number of carbonyl (C=O) groups is 1. The van der Waals surface area contributed by atoms with Gasteiger partial charge >= 0.3 is 0 Å². The van der Waals surface area contributed by atoms with Crippen LogP contribution in [-0.4, -0.2) is 39.6 Å². The molecule has 6 nitrogen and oxygen atoms in total. The van der Waals surface area contributed by atoms with Crippen LogP contribution < -0.4 is 10.0 Å². The van der Waals surface area contributed by atoms with Gasteiger partial charge in [-0.2, -0.15) is 0 Å². The van der Waals surface area contributed by atoms with Crippen LogP contribution in [-0.2, 0) is 14.8 Å². The molecule has 2 unspecified atom stereocenters. The van der Waals surface area contributed by atoms with Crippen LogP contribution >= 0.6 is 0 Å². The number of rotatable bonds is 6. The molecule has 2 rings (SSSR count). The number of nitrogens with one attached hydrogen (secondary N) is 2. The lowest BCUT2D eigenvalue weighted by Gasteiger charge is -2.40. The molecule has 1 aliphatic heterocycles. The van der Waals surface area contributed by atoms with Gasteiger partial charge in [-0.25, -0.2) is 17.5 Å². The Balaban J connectivity index is 2.15. The molecule has 0 aliphatic carbocycles. The molecule has 8 heteroatoms. The average molecular weight is 415 g/mol. The van der Waals surface area contributed by atoms with Crippen molar-refractivity contribution in [2.24, 2.45) is 11.3 Å². The van der Waals surface area contributed by atoms with Crippen molar-refractivity contribution in [3.63, 3.8) is 0 Å². The van der Waals surface area contributed by atoms with Gasteiger partial charge in [0.2, 0.25) is 10.0 Å². The van der Waals surface area contributed by atoms with Crippen LogP contribution in [0.5, 0.6) is 0 Å². The molecule has 1 heterocycles. The summed E-state index contributed by atoms with van der Waals surface area (Å²) in [6.45, 7) is 10.7. The van der Waals surface area contributed by atoms with Crippen molar-refractivity contribution in [3.05, 3.63) is 29.6 Å². The summed E-state index contributed by atoms with van der Waals surface area (Å²) >= 11 is 0. The maximum absolute atomic E-state index is 14.2. The van der Waals surface area contributed by atoms with E-state index < -0.39 is 21.7 Å². The van der Waals surface area contributed by atoms with Crippen LogP contribution in [0.25, 0.3) is 0 Å². The standard InChI is InChI=1S/C20H31FN2O4S/c1-13(2)23-28(25,26)15-8-9-17(21)16(11-15)19(24)22-12-14-7-6-10-27-18(14)20(3,4)5/h8-9,11,13-14,18,23H,6-7,10,12H2,1-5H3,(H,22,24). The van der Waals surface area contributed by atoms with Crippen molar-refractivity contribution in [2.45, 2.75) is 64.5 Å². The second kappa shape index (κ2) is 8.88. The normalized spacial score (nSPS) is 21.0. The monoisotopic (exact) mass is 414 g/mol. The van der Waals surface area contributed by atoms with E-state index in [1.165, 1.54) is 0 Å². The molecule has 1 aromatic carbocycles. The summed E-state index contributed by atoms with van der Waals surface area (Å²) in [6.07, 6.45) is 1.82. The molecule has 0 bridgehead atoms. The summed E-state index contributed by atoms with van der Waals surface area (Å²) < 4.78 is 47.1. The second-order valence-electron chi connectivity index (χ2n) is 8.69. The summed E-state index contributed by atoms with van der Waals surface area (Å²) in [7, 11) is -3.81. The van der Waals surface area contributed by atoms with E-state index in [1.807, 2.05) is 0 Å². The van der Waals surface area contributed by atoms with Gasteiger partial charge in [-0.15, -0.1) is 0 Å². The van der Waals surface area contributed by atoms with Gasteiger partial charge in [0.05, 0.1) is 16.6 Å². The third-order valence-corrected chi connectivity index (χ3v) is 6.36. The fourth-order valence-electron chi connectivity index (χ4n) is 3.55. The molecule has 1 aromatic rings. The number of amides is 1. The number of carbonyl (C=O) groups excluding carboxylic acids is 1. The van der Waals surface area contributed by atoms with Gasteiger partial charge in [0.25, 0.3) is 5.91 Å². The Morgan fingerprint density at radius 2 is 2.00 bits per heavy atom. The van der Waals surface area contributed by atoms with E-state index in [1.54, 1.807) is 13.8 Å². The average Bonchev–Trinajstić information content (AvgIpc) is 2.58. The maximum Gasteiger partial charge on any atom is 0.254 e. The highest BCUT2D eigenvalue weighted by atomic mass is 32.2. The topological polar surface area (TPSA) is 84.5 Å². The highest BCUT2D eigenvalue weighted by Crippen LogP contribution is 2.33. The first-order valence-corrected chi connectivity index (χ1v) is 11.1. The third-order valence-electron chi connectivity index (χ3n) is 4.71. The zero-order valence-corrected chi connectivity index (χ0v) is 18.0. The minimum Gasteiger partial charge on any atom is -0.377 e. The highest BCUT2D eigenvalue weighted by Gasteiger charge is 2.35. The van der Waals surface area contributed by atoms with E-state index in [0.717, 1.165) is 31.0 Å². The Hall–Kier alpha value is -1.51. The van der Waals surface area contributed by atoms with Crippen LogP contribution in [0.1, 0.15) is 57.8 Å². The SMILES string of the molecule is CC(C)NS(=O)(=O)c1ccc(F)c(C(=O)NCC2CCCOC2C(C)(C)C)c1. The van der Waals surface area contributed by atoms with Crippen molar-refractivity contribution in [2.75, 3.05) is 13.2 Å². The van der Waals surface area contributed by atoms with E-state index in [2.05, 4.69) is 30.8 Å². The van der Waals surface area contributed by atoms with Gasteiger partial charge in [-0.1, -0.05) is 20.8 Å². The molecule has 0 aromatic heterocycles. The van der Waals surface area contributed by atoms with Crippen LogP contribution in [0.4, 0.5) is 4.39 Å². The summed E-state index contributed by atoms with van der Waals surface area (Å²) in [5.74, 6) is -1.26. The Labute approximate surface area is 167 Å². The maximum atomic E-state index is 14.2. The molecule has 2 N–H and O–H groups in total. The largest absolute Gasteiger partial charge is 0.377 e. The number of benzene rings is 1. The minimum atomic E-state index is -3.81. The van der Waals surface area contributed by atoms with Gasteiger partial charge in [0.1, 0.15) is 5.82 Å². The first-order valence-electron chi connectivity index (χ1n) is 9.63.